The molecule has 1 aliphatic heterocycles. The fourth-order valence-electron chi connectivity index (χ4n) is 3.86. The van der Waals surface area contributed by atoms with Gasteiger partial charge in [0.1, 0.15) is 5.75 Å². The van der Waals surface area contributed by atoms with Crippen molar-refractivity contribution in [2.45, 2.75) is 37.2 Å². The van der Waals surface area contributed by atoms with Crippen LogP contribution in [0.2, 0.25) is 0 Å². The maximum Gasteiger partial charge on any atom is 0.230 e. The molecule has 1 amide bonds. The van der Waals surface area contributed by atoms with E-state index in [4.69, 9.17) is 4.74 Å². The highest BCUT2D eigenvalue weighted by atomic mass is 35.5. The Morgan fingerprint density at radius 2 is 1.96 bits per heavy atom. The SMILES string of the molecule is COc1ccc(C2(C(=O)NCC3CNCC3O)CCCC2)cc1.Cl. The van der Waals surface area contributed by atoms with Crippen molar-refractivity contribution in [3.8, 4) is 5.75 Å². The van der Waals surface area contributed by atoms with E-state index in [1.165, 1.54) is 0 Å². The van der Waals surface area contributed by atoms with E-state index in [0.717, 1.165) is 43.5 Å². The minimum absolute atomic E-state index is 0. The van der Waals surface area contributed by atoms with Crippen molar-refractivity contribution in [3.63, 3.8) is 0 Å². The topological polar surface area (TPSA) is 70.6 Å². The van der Waals surface area contributed by atoms with Gasteiger partial charge in [0.05, 0.1) is 18.6 Å². The third kappa shape index (κ3) is 3.68. The zero-order valence-electron chi connectivity index (χ0n) is 14.1. The monoisotopic (exact) mass is 354 g/mol. The van der Waals surface area contributed by atoms with Gasteiger partial charge in [0.2, 0.25) is 5.91 Å². The molecule has 0 radical (unpaired) electrons. The number of carbonyl (C=O) groups excluding carboxylic acids is 1. The fourth-order valence-corrected chi connectivity index (χ4v) is 3.86. The van der Waals surface area contributed by atoms with Crippen molar-refractivity contribution >= 4 is 18.3 Å². The number of methoxy groups -OCH3 is 1. The van der Waals surface area contributed by atoms with Crippen LogP contribution in [0.3, 0.4) is 0 Å². The van der Waals surface area contributed by atoms with Crippen LogP contribution in [-0.4, -0.2) is 43.9 Å². The lowest BCUT2D eigenvalue weighted by Gasteiger charge is -2.29. The van der Waals surface area contributed by atoms with Crippen LogP contribution in [0.5, 0.6) is 5.75 Å². The van der Waals surface area contributed by atoms with Gasteiger partial charge in [-0.3, -0.25) is 4.79 Å². The van der Waals surface area contributed by atoms with E-state index < -0.39 is 5.41 Å². The number of β-amino-alcohol motifs (C(OH)–C–C–N with tert-alkyl or cyclic N) is 1. The second-order valence-electron chi connectivity index (χ2n) is 6.71. The summed E-state index contributed by atoms with van der Waals surface area (Å²) < 4.78 is 5.22. The molecule has 1 aromatic carbocycles. The number of amides is 1. The summed E-state index contributed by atoms with van der Waals surface area (Å²) in [7, 11) is 1.65. The lowest BCUT2D eigenvalue weighted by molar-refractivity contribution is -0.126. The lowest BCUT2D eigenvalue weighted by atomic mass is 9.78. The molecular formula is C18H27ClN2O3. The van der Waals surface area contributed by atoms with E-state index >= 15 is 0 Å². The van der Waals surface area contributed by atoms with Gasteiger partial charge >= 0.3 is 0 Å². The Kier molecular flexibility index (Phi) is 6.49. The van der Waals surface area contributed by atoms with Crippen molar-refractivity contribution in [1.29, 1.82) is 0 Å². The first-order valence-corrected chi connectivity index (χ1v) is 8.47. The average Bonchev–Trinajstić information content (AvgIpc) is 3.23. The average molecular weight is 355 g/mol. The van der Waals surface area contributed by atoms with Gasteiger partial charge in [-0.1, -0.05) is 25.0 Å². The third-order valence-corrected chi connectivity index (χ3v) is 5.36. The van der Waals surface area contributed by atoms with Crippen molar-refractivity contribution in [2.75, 3.05) is 26.7 Å². The number of halogens is 1. The molecule has 1 aliphatic carbocycles. The normalized spacial score (nSPS) is 25.1. The quantitative estimate of drug-likeness (QED) is 0.751. The molecule has 24 heavy (non-hydrogen) atoms. The third-order valence-electron chi connectivity index (χ3n) is 5.36. The number of rotatable bonds is 5. The standard InChI is InChI=1S/C18H26N2O3.ClH/c1-23-15-6-4-14(5-7-15)18(8-2-3-9-18)17(22)20-11-13-10-19-12-16(13)21;/h4-7,13,16,19,21H,2-3,8-12H2,1H3,(H,20,22);1H. The number of hydrogen-bond acceptors (Lipinski definition) is 4. The first kappa shape index (κ1) is 19.0. The zero-order valence-corrected chi connectivity index (χ0v) is 14.9. The molecular weight excluding hydrogens is 328 g/mol. The predicted octanol–water partition coefficient (Wildman–Crippen LogP) is 1.63. The molecule has 1 saturated carbocycles. The highest BCUT2D eigenvalue weighted by Gasteiger charge is 2.43. The predicted molar refractivity (Wildman–Crippen MR) is 95.8 cm³/mol. The van der Waals surface area contributed by atoms with Crippen LogP contribution in [0, 0.1) is 5.92 Å². The summed E-state index contributed by atoms with van der Waals surface area (Å²) in [5.41, 5.74) is 0.641. The van der Waals surface area contributed by atoms with E-state index in [0.29, 0.717) is 13.1 Å². The van der Waals surface area contributed by atoms with E-state index in [9.17, 15) is 9.90 Å². The molecule has 0 bridgehead atoms. The Labute approximate surface area is 149 Å². The van der Waals surface area contributed by atoms with Gasteiger partial charge in [-0.25, -0.2) is 0 Å². The second kappa shape index (κ2) is 8.19. The van der Waals surface area contributed by atoms with E-state index in [-0.39, 0.29) is 30.3 Å². The summed E-state index contributed by atoms with van der Waals surface area (Å²) >= 11 is 0. The molecule has 134 valence electrons. The van der Waals surface area contributed by atoms with Gasteiger partial charge in [-0.2, -0.15) is 0 Å². The van der Waals surface area contributed by atoms with Crippen molar-refractivity contribution in [3.05, 3.63) is 29.8 Å². The maximum atomic E-state index is 12.9. The Bertz CT molecular complexity index is 544. The van der Waals surface area contributed by atoms with Gasteiger partial charge in [-0.05, 0) is 30.5 Å². The summed E-state index contributed by atoms with van der Waals surface area (Å²) in [6.45, 7) is 1.91. The molecule has 3 N–H and O–H groups in total. The summed E-state index contributed by atoms with van der Waals surface area (Å²) in [5.74, 6) is 1.01. The first-order valence-electron chi connectivity index (χ1n) is 8.47. The molecule has 3 rings (SSSR count). The fraction of sp³-hybridized carbons (Fsp3) is 0.611. The number of nitrogens with one attached hydrogen (secondary N) is 2. The molecule has 6 heteroatoms. The summed E-state index contributed by atoms with van der Waals surface area (Å²) in [4.78, 5) is 12.9. The lowest BCUT2D eigenvalue weighted by Crippen LogP contribution is -2.45. The molecule has 0 spiro atoms. The highest BCUT2D eigenvalue weighted by Crippen LogP contribution is 2.41. The number of hydrogen-bond donors (Lipinski definition) is 3. The summed E-state index contributed by atoms with van der Waals surface area (Å²) in [5, 5.41) is 16.1. The first-order chi connectivity index (χ1) is 11.2. The number of benzene rings is 1. The van der Waals surface area contributed by atoms with Crippen LogP contribution in [0.15, 0.2) is 24.3 Å². The van der Waals surface area contributed by atoms with Gasteiger partial charge in [0.15, 0.2) is 0 Å². The minimum atomic E-state index is -0.427. The molecule has 2 unspecified atom stereocenters. The van der Waals surface area contributed by atoms with Crippen LogP contribution in [0.1, 0.15) is 31.2 Å². The van der Waals surface area contributed by atoms with E-state index in [1.54, 1.807) is 7.11 Å². The number of ether oxygens (including phenoxy) is 1. The van der Waals surface area contributed by atoms with Gasteiger partial charge in [0.25, 0.3) is 0 Å². The van der Waals surface area contributed by atoms with Crippen LogP contribution in [-0.2, 0) is 10.2 Å². The molecule has 1 heterocycles. The molecule has 2 aliphatic rings. The molecule has 1 aromatic rings. The molecule has 1 saturated heterocycles. The van der Waals surface area contributed by atoms with Gasteiger partial charge in [0, 0.05) is 25.6 Å². The highest BCUT2D eigenvalue weighted by molar-refractivity contribution is 5.88. The Morgan fingerprint density at radius 3 is 2.50 bits per heavy atom. The van der Waals surface area contributed by atoms with Crippen LogP contribution < -0.4 is 15.4 Å². The van der Waals surface area contributed by atoms with E-state index in [2.05, 4.69) is 10.6 Å². The number of aliphatic hydroxyl groups excluding tert-OH is 1. The van der Waals surface area contributed by atoms with Crippen LogP contribution in [0.25, 0.3) is 0 Å². The minimum Gasteiger partial charge on any atom is -0.497 e. The molecule has 2 atom stereocenters. The summed E-state index contributed by atoms with van der Waals surface area (Å²) in [6.07, 6.45) is 3.56. The number of aliphatic hydroxyl groups is 1. The van der Waals surface area contributed by atoms with Gasteiger partial charge in [-0.15, -0.1) is 12.4 Å². The van der Waals surface area contributed by atoms with Crippen LogP contribution in [0.4, 0.5) is 0 Å². The van der Waals surface area contributed by atoms with Crippen molar-refractivity contribution in [1.82, 2.24) is 10.6 Å². The van der Waals surface area contributed by atoms with E-state index in [1.807, 2.05) is 24.3 Å². The largest absolute Gasteiger partial charge is 0.497 e. The Morgan fingerprint density at radius 1 is 1.29 bits per heavy atom. The zero-order chi connectivity index (χ0) is 16.3. The van der Waals surface area contributed by atoms with Crippen LogP contribution >= 0.6 is 12.4 Å². The molecule has 0 aromatic heterocycles. The summed E-state index contributed by atoms with van der Waals surface area (Å²) in [6, 6.07) is 7.87. The number of carbonyl (C=O) groups is 1. The van der Waals surface area contributed by atoms with Gasteiger partial charge < -0.3 is 20.5 Å². The van der Waals surface area contributed by atoms with Crippen molar-refractivity contribution < 1.29 is 14.6 Å². The Balaban J connectivity index is 0.00000208. The molecule has 2 fully saturated rings. The maximum absolute atomic E-state index is 12.9. The second-order valence-corrected chi connectivity index (χ2v) is 6.71. The molecule has 5 nitrogen and oxygen atoms in total. The Hall–Kier alpha value is -1.30. The van der Waals surface area contributed by atoms with Crippen molar-refractivity contribution in [2.24, 2.45) is 5.92 Å². The smallest absolute Gasteiger partial charge is 0.230 e.